The van der Waals surface area contributed by atoms with Crippen molar-refractivity contribution < 1.29 is 0 Å². The Kier molecular flexibility index (Phi) is 2.21. The highest BCUT2D eigenvalue weighted by Gasteiger charge is 2.26. The van der Waals surface area contributed by atoms with Crippen molar-refractivity contribution in [3.8, 4) is 0 Å². The summed E-state index contributed by atoms with van der Waals surface area (Å²) in [4.78, 5) is 2.32. The molecule has 1 N–H and O–H groups in total. The molecular formula is C10H18N4. The Morgan fingerprint density at radius 1 is 1.14 bits per heavy atom. The molecule has 1 aliphatic heterocycles. The van der Waals surface area contributed by atoms with Crippen LogP contribution in [-0.4, -0.2) is 28.5 Å². The molecule has 1 fully saturated rings. The predicted molar refractivity (Wildman–Crippen MR) is 56.5 cm³/mol. The first-order chi connectivity index (χ1) is 6.59. The zero-order valence-corrected chi connectivity index (χ0v) is 9.17. The van der Waals surface area contributed by atoms with Crippen LogP contribution in [0.15, 0.2) is 0 Å². The molecule has 2 heterocycles. The van der Waals surface area contributed by atoms with E-state index in [1.54, 1.807) is 0 Å². The van der Waals surface area contributed by atoms with Gasteiger partial charge in [-0.3, -0.25) is 0 Å². The first kappa shape index (κ1) is 9.49. The van der Waals surface area contributed by atoms with Crippen LogP contribution in [-0.2, 0) is 5.41 Å². The summed E-state index contributed by atoms with van der Waals surface area (Å²) >= 11 is 0. The molecule has 0 saturated carbocycles. The van der Waals surface area contributed by atoms with Crippen molar-refractivity contribution in [3.63, 3.8) is 0 Å². The summed E-state index contributed by atoms with van der Waals surface area (Å²) in [5.41, 5.74) is 1.16. The molecule has 0 atom stereocenters. The molecule has 0 aliphatic carbocycles. The fraction of sp³-hybridized carbons (Fsp3) is 0.800. The Hall–Kier alpha value is -1.06. The van der Waals surface area contributed by atoms with Crippen LogP contribution in [0.1, 0.15) is 39.3 Å². The Morgan fingerprint density at radius 3 is 2.36 bits per heavy atom. The number of anilines is 1. The fourth-order valence-corrected chi connectivity index (χ4v) is 1.88. The minimum atomic E-state index is 0.0743. The van der Waals surface area contributed by atoms with E-state index in [-0.39, 0.29) is 5.41 Å². The van der Waals surface area contributed by atoms with E-state index in [2.05, 4.69) is 41.1 Å². The Bertz CT molecular complexity index is 304. The average molecular weight is 194 g/mol. The molecule has 1 saturated heterocycles. The standard InChI is InChI=1S/C10H18N4/c1-10(2,3)8-9(12-13-11-8)14-6-4-5-7-14/h4-7H2,1-3H3,(H,11,12,13). The molecule has 0 bridgehead atoms. The van der Waals surface area contributed by atoms with Crippen LogP contribution in [0.4, 0.5) is 5.82 Å². The number of nitrogens with zero attached hydrogens (tertiary/aromatic N) is 3. The van der Waals surface area contributed by atoms with Crippen LogP contribution in [0.3, 0.4) is 0 Å². The van der Waals surface area contributed by atoms with E-state index >= 15 is 0 Å². The van der Waals surface area contributed by atoms with Gasteiger partial charge >= 0.3 is 0 Å². The molecule has 1 aromatic heterocycles. The number of hydrogen-bond acceptors (Lipinski definition) is 3. The zero-order valence-electron chi connectivity index (χ0n) is 9.17. The van der Waals surface area contributed by atoms with Gasteiger partial charge in [0.1, 0.15) is 5.69 Å². The highest BCUT2D eigenvalue weighted by atomic mass is 15.4. The van der Waals surface area contributed by atoms with E-state index in [0.29, 0.717) is 0 Å². The first-order valence-electron chi connectivity index (χ1n) is 5.25. The van der Waals surface area contributed by atoms with Gasteiger partial charge in [-0.05, 0) is 12.8 Å². The third-order valence-corrected chi connectivity index (χ3v) is 2.65. The maximum Gasteiger partial charge on any atom is 0.174 e. The van der Waals surface area contributed by atoms with Crippen molar-refractivity contribution in [3.05, 3.63) is 5.69 Å². The van der Waals surface area contributed by atoms with Crippen LogP contribution < -0.4 is 4.90 Å². The summed E-state index contributed by atoms with van der Waals surface area (Å²) < 4.78 is 0. The van der Waals surface area contributed by atoms with Crippen molar-refractivity contribution in [2.75, 3.05) is 18.0 Å². The quantitative estimate of drug-likeness (QED) is 0.740. The van der Waals surface area contributed by atoms with E-state index < -0.39 is 0 Å². The van der Waals surface area contributed by atoms with Crippen molar-refractivity contribution in [2.45, 2.75) is 39.0 Å². The molecule has 1 aliphatic rings. The summed E-state index contributed by atoms with van der Waals surface area (Å²) in [5, 5.41) is 11.2. The summed E-state index contributed by atoms with van der Waals surface area (Å²) in [7, 11) is 0. The summed E-state index contributed by atoms with van der Waals surface area (Å²) in [5.74, 6) is 1.05. The van der Waals surface area contributed by atoms with Crippen LogP contribution >= 0.6 is 0 Å². The second-order valence-electron chi connectivity index (χ2n) is 4.94. The van der Waals surface area contributed by atoms with Crippen molar-refractivity contribution >= 4 is 5.82 Å². The van der Waals surface area contributed by atoms with Gasteiger partial charge in [0.15, 0.2) is 5.82 Å². The SMILES string of the molecule is CC(C)(C)c1n[nH]nc1N1CCCC1. The molecule has 0 spiro atoms. The molecule has 14 heavy (non-hydrogen) atoms. The average Bonchev–Trinajstić information content (AvgIpc) is 2.73. The molecule has 0 amide bonds. The van der Waals surface area contributed by atoms with Crippen molar-refractivity contribution in [1.82, 2.24) is 15.4 Å². The lowest BCUT2D eigenvalue weighted by molar-refractivity contribution is 0.565. The third-order valence-electron chi connectivity index (χ3n) is 2.65. The van der Waals surface area contributed by atoms with E-state index in [0.717, 1.165) is 24.6 Å². The molecule has 4 nitrogen and oxygen atoms in total. The summed E-state index contributed by atoms with van der Waals surface area (Å²) in [6.07, 6.45) is 2.55. The van der Waals surface area contributed by atoms with Gasteiger partial charge in [0, 0.05) is 18.5 Å². The lowest BCUT2D eigenvalue weighted by Gasteiger charge is -2.21. The fourth-order valence-electron chi connectivity index (χ4n) is 1.88. The number of aromatic amines is 1. The van der Waals surface area contributed by atoms with E-state index in [1.165, 1.54) is 12.8 Å². The lowest BCUT2D eigenvalue weighted by Crippen LogP contribution is -2.23. The first-order valence-corrected chi connectivity index (χ1v) is 5.25. The number of rotatable bonds is 1. The Balaban J connectivity index is 2.29. The topological polar surface area (TPSA) is 44.8 Å². The maximum absolute atomic E-state index is 4.25. The van der Waals surface area contributed by atoms with Crippen LogP contribution in [0.5, 0.6) is 0 Å². The lowest BCUT2D eigenvalue weighted by atomic mass is 9.92. The van der Waals surface area contributed by atoms with E-state index in [9.17, 15) is 0 Å². The van der Waals surface area contributed by atoms with Crippen LogP contribution in [0, 0.1) is 0 Å². The molecule has 0 aromatic carbocycles. The highest BCUT2D eigenvalue weighted by molar-refractivity contribution is 5.46. The normalized spacial score (nSPS) is 17.8. The van der Waals surface area contributed by atoms with Gasteiger partial charge in [-0.2, -0.15) is 10.3 Å². The largest absolute Gasteiger partial charge is 0.354 e. The van der Waals surface area contributed by atoms with Gasteiger partial charge in [0.25, 0.3) is 0 Å². The predicted octanol–water partition coefficient (Wildman–Crippen LogP) is 1.70. The zero-order chi connectivity index (χ0) is 10.2. The molecular weight excluding hydrogens is 176 g/mol. The summed E-state index contributed by atoms with van der Waals surface area (Å²) in [6.45, 7) is 8.75. The molecule has 0 unspecified atom stereocenters. The second-order valence-corrected chi connectivity index (χ2v) is 4.94. The number of nitrogens with one attached hydrogen (secondary N) is 1. The van der Waals surface area contributed by atoms with E-state index in [4.69, 9.17) is 0 Å². The van der Waals surface area contributed by atoms with Gasteiger partial charge < -0.3 is 4.90 Å². The molecule has 78 valence electrons. The molecule has 1 aromatic rings. The van der Waals surface area contributed by atoms with Gasteiger partial charge in [-0.1, -0.05) is 20.8 Å². The minimum Gasteiger partial charge on any atom is -0.354 e. The van der Waals surface area contributed by atoms with E-state index in [1.807, 2.05) is 0 Å². The summed E-state index contributed by atoms with van der Waals surface area (Å²) in [6, 6.07) is 0. The van der Waals surface area contributed by atoms with Crippen molar-refractivity contribution in [2.24, 2.45) is 0 Å². The van der Waals surface area contributed by atoms with Crippen molar-refractivity contribution in [1.29, 1.82) is 0 Å². The monoisotopic (exact) mass is 194 g/mol. The van der Waals surface area contributed by atoms with Crippen LogP contribution in [0.25, 0.3) is 0 Å². The molecule has 0 radical (unpaired) electrons. The second kappa shape index (κ2) is 3.26. The van der Waals surface area contributed by atoms with Gasteiger partial charge in [-0.25, -0.2) is 0 Å². The Labute approximate surface area is 84.7 Å². The maximum atomic E-state index is 4.25. The smallest absolute Gasteiger partial charge is 0.174 e. The number of H-pyrrole nitrogens is 1. The minimum absolute atomic E-state index is 0.0743. The number of aromatic nitrogens is 3. The molecule has 2 rings (SSSR count). The molecule has 4 heteroatoms. The number of hydrogen-bond donors (Lipinski definition) is 1. The third kappa shape index (κ3) is 1.61. The van der Waals surface area contributed by atoms with Gasteiger partial charge in [-0.15, -0.1) is 5.10 Å². The Morgan fingerprint density at radius 2 is 1.79 bits per heavy atom. The highest BCUT2D eigenvalue weighted by Crippen LogP contribution is 2.29. The van der Waals surface area contributed by atoms with Gasteiger partial charge in [0.05, 0.1) is 0 Å². The van der Waals surface area contributed by atoms with Gasteiger partial charge in [0.2, 0.25) is 0 Å². The van der Waals surface area contributed by atoms with Crippen LogP contribution in [0.2, 0.25) is 0 Å².